The number of nitrogens with zero attached hydrogens (tertiary/aromatic N) is 1. The van der Waals surface area contributed by atoms with E-state index in [2.05, 4.69) is 0 Å². The van der Waals surface area contributed by atoms with E-state index in [1.165, 1.54) is 25.1 Å². The predicted octanol–water partition coefficient (Wildman–Crippen LogP) is -0.161. The number of hydrogen-bond acceptors (Lipinski definition) is 10. The van der Waals surface area contributed by atoms with E-state index < -0.39 is 75.6 Å². The minimum atomic E-state index is -2.94. The molecule has 11 nitrogen and oxygen atoms in total. The number of phenols is 1. The van der Waals surface area contributed by atoms with E-state index in [1.807, 2.05) is 0 Å². The van der Waals surface area contributed by atoms with Gasteiger partial charge < -0.3 is 37.0 Å². The highest BCUT2D eigenvalue weighted by Gasteiger charge is 2.67. The molecule has 3 aliphatic carbocycles. The van der Waals surface area contributed by atoms with Crippen LogP contribution < -0.4 is 11.5 Å². The Kier molecular flexibility index (Phi) is 5.51. The van der Waals surface area contributed by atoms with Crippen LogP contribution in [0.5, 0.6) is 5.75 Å². The average molecular weight is 585 g/mol. The van der Waals surface area contributed by atoms with Crippen molar-refractivity contribution >= 4 is 45.8 Å². The van der Waals surface area contributed by atoms with Crippen LogP contribution in [0.3, 0.4) is 0 Å². The molecule has 0 saturated carbocycles. The summed E-state index contributed by atoms with van der Waals surface area (Å²) in [6.45, 7) is 1.62. The predicted molar refractivity (Wildman–Crippen MR) is 127 cm³/mol. The van der Waals surface area contributed by atoms with Gasteiger partial charge in [-0.25, -0.2) is 0 Å². The quantitative estimate of drug-likeness (QED) is 0.106. The Labute approximate surface area is 207 Å². The molecule has 182 valence electrons. The van der Waals surface area contributed by atoms with Crippen LogP contribution >= 0.6 is 22.6 Å². The lowest BCUT2D eigenvalue weighted by atomic mass is 9.55. The summed E-state index contributed by atoms with van der Waals surface area (Å²) in [6, 6.07) is 0.161. The van der Waals surface area contributed by atoms with Crippen molar-refractivity contribution in [1.29, 1.82) is 0 Å². The zero-order chi connectivity index (χ0) is 25.6. The number of halogens is 1. The number of likely N-dealkylation sites (N-methyl/N-ethyl adjacent to an activating group) is 1. The molecule has 0 aromatic heterocycles. The van der Waals surface area contributed by atoms with Crippen LogP contribution in [-0.4, -0.2) is 79.7 Å². The minimum Gasteiger partial charge on any atom is -0.510 e. The highest BCUT2D eigenvalue weighted by Crippen LogP contribution is 2.56. The van der Waals surface area contributed by atoms with Gasteiger partial charge in [-0.15, -0.1) is 0 Å². The maximum Gasteiger partial charge on any atom is 0.255 e. The summed E-state index contributed by atoms with van der Waals surface area (Å²) >= 11 is 1.78. The van der Waals surface area contributed by atoms with Crippen LogP contribution in [0.1, 0.15) is 28.8 Å². The number of fused-ring (bicyclic) bond motifs is 3. The second-order valence-corrected chi connectivity index (χ2v) is 10.3. The van der Waals surface area contributed by atoms with Crippen molar-refractivity contribution in [1.82, 2.24) is 4.90 Å². The van der Waals surface area contributed by atoms with Crippen molar-refractivity contribution in [3.63, 3.8) is 0 Å². The van der Waals surface area contributed by atoms with Gasteiger partial charge in [0, 0.05) is 17.2 Å². The summed E-state index contributed by atoms with van der Waals surface area (Å²) in [7, 11) is 2.95. The molecule has 0 spiro atoms. The fourth-order valence-corrected chi connectivity index (χ4v) is 6.38. The van der Waals surface area contributed by atoms with Crippen molar-refractivity contribution in [2.45, 2.75) is 30.6 Å². The molecule has 1 aromatic carbocycles. The largest absolute Gasteiger partial charge is 0.510 e. The van der Waals surface area contributed by atoms with Crippen molar-refractivity contribution in [3.8, 4) is 5.75 Å². The first-order chi connectivity index (χ1) is 15.7. The number of primary amides is 1. The van der Waals surface area contributed by atoms with Gasteiger partial charge in [0.1, 0.15) is 22.8 Å². The van der Waals surface area contributed by atoms with E-state index in [0.717, 1.165) is 0 Å². The van der Waals surface area contributed by atoms with Crippen LogP contribution in [0.25, 0.3) is 0 Å². The summed E-state index contributed by atoms with van der Waals surface area (Å²) < 4.78 is 0.270. The maximum absolute atomic E-state index is 13.6. The highest BCUT2D eigenvalue weighted by atomic mass is 127. The number of nitrogen functional groups attached to an aromatic ring is 1. The molecule has 1 amide bonds. The van der Waals surface area contributed by atoms with Crippen molar-refractivity contribution in [2.24, 2.45) is 17.6 Å². The van der Waals surface area contributed by atoms with Gasteiger partial charge in [0.2, 0.25) is 5.78 Å². The standard InChI is InChI=1S/C22H24IN3O8/c1-5-8-7(24)4-6(23)15(27)10(8)16(28)11-9(5)17(29)13-14(26(2)3)18(30)12(21(25)33)20(32)22(13,34)19(11)31/h4-5,9,13-14,17,27,29-31,34H,24H2,1-3H3,(H2,25,33)/t5-,9+,13+,14-,17-,22-/m0/s1. The zero-order valence-electron chi connectivity index (χ0n) is 18.4. The topological polar surface area (TPSA) is 208 Å². The Balaban J connectivity index is 2.09. The van der Waals surface area contributed by atoms with Crippen molar-refractivity contribution in [3.05, 3.63) is 43.4 Å². The first-order valence-corrected chi connectivity index (χ1v) is 11.4. The summed E-state index contributed by atoms with van der Waals surface area (Å²) in [5.41, 5.74) is 7.34. The van der Waals surface area contributed by atoms with Gasteiger partial charge in [0.05, 0.1) is 27.2 Å². The Morgan fingerprint density at radius 2 is 1.79 bits per heavy atom. The fraction of sp³-hybridized carbons (Fsp3) is 0.409. The number of hydrogen-bond donors (Lipinski definition) is 7. The number of Topliss-reactive ketones (excluding diaryl/α,β-unsaturated/α-hetero) is 2. The van der Waals surface area contributed by atoms with Crippen LogP contribution in [0, 0.1) is 15.4 Å². The lowest BCUT2D eigenvalue weighted by Crippen LogP contribution is -2.68. The molecular weight excluding hydrogens is 561 g/mol. The van der Waals surface area contributed by atoms with Crippen molar-refractivity contribution in [2.75, 3.05) is 19.8 Å². The number of carbonyl (C=O) groups is 3. The fourth-order valence-electron chi connectivity index (χ4n) is 5.78. The minimum absolute atomic E-state index is 0.187. The van der Waals surface area contributed by atoms with Gasteiger partial charge in [0.15, 0.2) is 11.4 Å². The number of anilines is 1. The van der Waals surface area contributed by atoms with Crippen molar-refractivity contribution < 1.29 is 39.9 Å². The van der Waals surface area contributed by atoms with Crippen LogP contribution in [0.4, 0.5) is 5.69 Å². The number of nitrogens with two attached hydrogens (primary N) is 2. The molecule has 12 heteroatoms. The molecule has 0 fully saturated rings. The number of aromatic hydroxyl groups is 1. The number of ketones is 2. The van der Waals surface area contributed by atoms with E-state index in [-0.39, 0.29) is 26.1 Å². The molecule has 0 aliphatic heterocycles. The van der Waals surface area contributed by atoms with E-state index in [4.69, 9.17) is 11.5 Å². The van der Waals surface area contributed by atoms with E-state index in [9.17, 15) is 39.9 Å². The number of carbonyl (C=O) groups excluding carboxylic acids is 3. The second-order valence-electron chi connectivity index (χ2n) is 9.14. The summed E-state index contributed by atoms with van der Waals surface area (Å²) in [6.07, 6.45) is -1.66. The van der Waals surface area contributed by atoms with Crippen LogP contribution in [0.2, 0.25) is 0 Å². The summed E-state index contributed by atoms with van der Waals surface area (Å²) in [5, 5.41) is 55.7. The second kappa shape index (κ2) is 7.66. The first-order valence-electron chi connectivity index (χ1n) is 10.3. The SMILES string of the molecule is C[C@H]1c2c(N)cc(I)c(O)c2C(=O)C2=C(O)[C@]3(O)C(=O)C(C(N)=O)=C(O)[C@@H](N(C)C)[C@@H]3[C@@H](O)[C@@H]21. The number of phenolic OH excluding ortho intramolecular Hbond substituents is 1. The number of aliphatic hydroxyl groups excluding tert-OH is 3. The van der Waals surface area contributed by atoms with Crippen LogP contribution in [0.15, 0.2) is 28.7 Å². The number of rotatable bonds is 2. The summed E-state index contributed by atoms with van der Waals surface area (Å²) in [4.78, 5) is 40.2. The van der Waals surface area contributed by atoms with Gasteiger partial charge in [-0.1, -0.05) is 6.92 Å². The smallest absolute Gasteiger partial charge is 0.255 e. The van der Waals surface area contributed by atoms with Gasteiger partial charge >= 0.3 is 0 Å². The molecule has 9 N–H and O–H groups in total. The first kappa shape index (κ1) is 24.4. The molecule has 6 atom stereocenters. The van der Waals surface area contributed by atoms with Gasteiger partial charge in [-0.05, 0) is 54.2 Å². The lowest BCUT2D eigenvalue weighted by molar-refractivity contribution is -0.162. The Bertz CT molecular complexity index is 1240. The Morgan fingerprint density at radius 3 is 2.32 bits per heavy atom. The average Bonchev–Trinajstić information content (AvgIpc) is 2.73. The maximum atomic E-state index is 13.6. The van der Waals surface area contributed by atoms with E-state index >= 15 is 0 Å². The van der Waals surface area contributed by atoms with Gasteiger partial charge in [-0.2, -0.15) is 0 Å². The highest BCUT2D eigenvalue weighted by molar-refractivity contribution is 14.1. The van der Waals surface area contributed by atoms with E-state index in [1.54, 1.807) is 29.5 Å². The monoisotopic (exact) mass is 585 g/mol. The zero-order valence-corrected chi connectivity index (χ0v) is 20.6. The van der Waals surface area contributed by atoms with E-state index in [0.29, 0.717) is 0 Å². The molecule has 0 unspecified atom stereocenters. The van der Waals surface area contributed by atoms with Gasteiger partial charge in [-0.3, -0.25) is 19.3 Å². The van der Waals surface area contributed by atoms with Gasteiger partial charge in [0.25, 0.3) is 5.91 Å². The Morgan fingerprint density at radius 1 is 1.21 bits per heavy atom. The third-order valence-corrected chi connectivity index (χ3v) is 8.03. The number of benzene rings is 1. The molecule has 0 saturated heterocycles. The lowest BCUT2D eigenvalue weighted by Gasteiger charge is -2.53. The van der Waals surface area contributed by atoms with Crippen LogP contribution in [-0.2, 0) is 9.59 Å². The molecule has 4 rings (SSSR count). The third kappa shape index (κ3) is 2.82. The molecule has 0 heterocycles. The summed E-state index contributed by atoms with van der Waals surface area (Å²) in [5.74, 6) is -9.35. The number of aliphatic hydroxyl groups is 4. The molecule has 3 aliphatic rings. The Hall–Kier alpha value is -2.68. The molecule has 1 aromatic rings. The number of amides is 1. The molecular formula is C22H24IN3O8. The third-order valence-electron chi connectivity index (χ3n) is 7.21. The molecule has 0 radical (unpaired) electrons. The molecule has 0 bridgehead atoms. The normalized spacial score (nSPS) is 33.1. The molecule has 34 heavy (non-hydrogen) atoms.